The van der Waals surface area contributed by atoms with E-state index in [1.54, 1.807) is 0 Å². The first-order chi connectivity index (χ1) is 16.2. The van der Waals surface area contributed by atoms with Crippen LogP contribution in [0.5, 0.6) is 0 Å². The molecule has 2 nitrogen and oxygen atoms in total. The predicted molar refractivity (Wildman–Crippen MR) is 152 cm³/mol. The quantitative estimate of drug-likeness (QED) is 0.304. The van der Waals surface area contributed by atoms with Gasteiger partial charge in [0, 0.05) is 41.0 Å². The SMILES string of the molecule is Cc1ccccc1[C@H]([C]1[CH][CH][CH][C]1Br)N(C)C.Cc1ccccc1[C@H]([C]1[CH][CH][CH][C]1Br)N(C)C.[Fe]. The molecule has 2 atom stereocenters. The molecular formula is C30H34Br2FeN2. The van der Waals surface area contributed by atoms with Crippen LogP contribution >= 0.6 is 31.9 Å². The molecule has 0 unspecified atom stereocenters. The zero-order chi connectivity index (χ0) is 24.8. The van der Waals surface area contributed by atoms with Gasteiger partial charge in [0.15, 0.2) is 0 Å². The van der Waals surface area contributed by atoms with Crippen LogP contribution in [0.15, 0.2) is 48.5 Å². The van der Waals surface area contributed by atoms with Crippen LogP contribution in [-0.4, -0.2) is 38.0 Å². The van der Waals surface area contributed by atoms with Crippen molar-refractivity contribution in [3.8, 4) is 0 Å². The van der Waals surface area contributed by atoms with E-state index in [9.17, 15) is 0 Å². The molecule has 2 saturated carbocycles. The monoisotopic (exact) mass is 636 g/mol. The molecule has 2 aliphatic rings. The molecule has 0 aliphatic heterocycles. The summed E-state index contributed by atoms with van der Waals surface area (Å²) in [6, 6.07) is 17.8. The van der Waals surface area contributed by atoms with Gasteiger partial charge in [-0.1, -0.05) is 80.4 Å². The molecule has 0 amide bonds. The van der Waals surface area contributed by atoms with Gasteiger partial charge in [0.1, 0.15) is 0 Å². The largest absolute Gasteiger partial charge is 0.302 e. The third-order valence-corrected chi connectivity index (χ3v) is 7.62. The van der Waals surface area contributed by atoms with Gasteiger partial charge in [-0.05, 0) is 103 Å². The third kappa shape index (κ3) is 7.91. The second-order valence-electron chi connectivity index (χ2n) is 9.10. The first kappa shape index (κ1) is 31.1. The Bertz CT molecular complexity index is 830. The van der Waals surface area contributed by atoms with Crippen LogP contribution in [0, 0.1) is 73.9 Å². The molecule has 0 heterocycles. The summed E-state index contributed by atoms with van der Waals surface area (Å²) in [6.45, 7) is 4.34. The average Bonchev–Trinajstić information content (AvgIpc) is 3.40. The Kier molecular flexibility index (Phi) is 13.0. The minimum Gasteiger partial charge on any atom is -0.302 e. The van der Waals surface area contributed by atoms with Gasteiger partial charge in [0.2, 0.25) is 0 Å². The van der Waals surface area contributed by atoms with Crippen molar-refractivity contribution >= 4 is 31.9 Å². The summed E-state index contributed by atoms with van der Waals surface area (Å²) in [7, 11) is 8.49. The molecular weight excluding hydrogens is 604 g/mol. The first-order valence-electron chi connectivity index (χ1n) is 11.5. The fourth-order valence-corrected chi connectivity index (χ4v) is 5.51. The van der Waals surface area contributed by atoms with Gasteiger partial charge in [-0.15, -0.1) is 0 Å². The van der Waals surface area contributed by atoms with Crippen LogP contribution in [0.3, 0.4) is 0 Å². The van der Waals surface area contributed by atoms with E-state index in [1.165, 1.54) is 43.7 Å². The summed E-state index contributed by atoms with van der Waals surface area (Å²) >= 11 is 7.26. The number of benzene rings is 2. The van der Waals surface area contributed by atoms with E-state index in [0.717, 1.165) is 0 Å². The van der Waals surface area contributed by atoms with Crippen molar-refractivity contribution in [1.82, 2.24) is 9.80 Å². The molecule has 2 aromatic carbocycles. The summed E-state index contributed by atoms with van der Waals surface area (Å²) in [6.07, 6.45) is 12.7. The maximum absolute atomic E-state index is 3.63. The summed E-state index contributed by atoms with van der Waals surface area (Å²) in [4.78, 5) is 6.86. The van der Waals surface area contributed by atoms with Crippen molar-refractivity contribution in [1.29, 1.82) is 0 Å². The van der Waals surface area contributed by atoms with Gasteiger partial charge in [0.05, 0.1) is 9.65 Å². The van der Waals surface area contributed by atoms with Crippen molar-refractivity contribution < 1.29 is 17.1 Å². The summed E-state index contributed by atoms with van der Waals surface area (Å²) in [5.74, 6) is 2.65. The van der Waals surface area contributed by atoms with E-state index in [1.807, 2.05) is 0 Å². The maximum Gasteiger partial charge on any atom is 0.0538 e. The summed E-state index contributed by atoms with van der Waals surface area (Å²) in [5.41, 5.74) is 5.40. The number of halogens is 2. The molecule has 186 valence electrons. The van der Waals surface area contributed by atoms with Crippen molar-refractivity contribution in [3.63, 3.8) is 0 Å². The van der Waals surface area contributed by atoms with Crippen LogP contribution in [-0.2, 0) is 17.1 Å². The van der Waals surface area contributed by atoms with Crippen LogP contribution in [0.4, 0.5) is 0 Å². The maximum atomic E-state index is 3.63. The second kappa shape index (κ2) is 14.7. The van der Waals surface area contributed by atoms with E-state index >= 15 is 0 Å². The van der Waals surface area contributed by atoms with Crippen LogP contribution in [0.25, 0.3) is 0 Å². The number of hydrogen-bond donors (Lipinski definition) is 0. The van der Waals surface area contributed by atoms with Crippen molar-refractivity contribution in [2.75, 3.05) is 28.2 Å². The Balaban J connectivity index is 0.000000240. The van der Waals surface area contributed by atoms with Crippen molar-refractivity contribution in [3.05, 3.63) is 131 Å². The van der Waals surface area contributed by atoms with Gasteiger partial charge < -0.3 is 9.80 Å². The third-order valence-electron chi connectivity index (χ3n) is 6.18. The smallest absolute Gasteiger partial charge is 0.0538 e. The molecule has 10 radical (unpaired) electrons. The summed E-state index contributed by atoms with van der Waals surface area (Å²) < 4.78 is 0. The van der Waals surface area contributed by atoms with E-state index in [-0.39, 0.29) is 17.1 Å². The molecule has 0 saturated heterocycles. The topological polar surface area (TPSA) is 6.48 Å². The fraction of sp³-hybridized carbons (Fsp3) is 0.267. The zero-order valence-electron chi connectivity index (χ0n) is 21.2. The zero-order valence-corrected chi connectivity index (χ0v) is 25.5. The van der Waals surface area contributed by atoms with E-state index in [4.69, 9.17) is 0 Å². The average molecular weight is 638 g/mol. The molecule has 0 N–H and O–H groups in total. The Hall–Kier alpha value is -0.161. The fourth-order valence-electron chi connectivity index (χ4n) is 4.50. The van der Waals surface area contributed by atoms with Gasteiger partial charge in [-0.25, -0.2) is 0 Å². The van der Waals surface area contributed by atoms with E-state index in [0.29, 0.717) is 12.1 Å². The minimum atomic E-state index is 0. The standard InChI is InChI=1S/2C15H17BrN.Fe/c2*1-11-7-4-5-8-12(11)15(17(2)3)13-9-6-10-14(13)16;/h2*4-10,15H,1-3H3;/t2*15-;/m11./s1. The molecule has 0 aromatic heterocycles. The second-order valence-corrected chi connectivity index (χ2v) is 10.8. The predicted octanol–water partition coefficient (Wildman–Crippen LogP) is 7.45. The Morgan fingerprint density at radius 1 is 0.571 bits per heavy atom. The Labute approximate surface area is 242 Å². The van der Waals surface area contributed by atoms with Crippen molar-refractivity contribution in [2.24, 2.45) is 0 Å². The van der Waals surface area contributed by atoms with Crippen molar-refractivity contribution in [2.45, 2.75) is 25.9 Å². The molecule has 35 heavy (non-hydrogen) atoms. The van der Waals surface area contributed by atoms with E-state index in [2.05, 4.69) is 171 Å². The van der Waals surface area contributed by atoms with Gasteiger partial charge in [0.25, 0.3) is 0 Å². The van der Waals surface area contributed by atoms with Gasteiger partial charge in [-0.3, -0.25) is 0 Å². The van der Waals surface area contributed by atoms with Gasteiger partial charge >= 0.3 is 0 Å². The number of rotatable bonds is 6. The number of nitrogens with zero attached hydrogens (tertiary/aromatic N) is 2. The summed E-state index contributed by atoms with van der Waals surface area (Å²) in [5, 5.41) is 0. The Morgan fingerprint density at radius 2 is 0.914 bits per heavy atom. The van der Waals surface area contributed by atoms with Crippen LogP contribution in [0.2, 0.25) is 0 Å². The van der Waals surface area contributed by atoms with Crippen LogP contribution < -0.4 is 0 Å². The minimum absolute atomic E-state index is 0. The normalized spacial score (nSPS) is 19.5. The molecule has 0 spiro atoms. The molecule has 5 heteroatoms. The molecule has 2 aliphatic carbocycles. The number of hydrogen-bond acceptors (Lipinski definition) is 2. The van der Waals surface area contributed by atoms with E-state index < -0.39 is 0 Å². The van der Waals surface area contributed by atoms with Gasteiger partial charge in [-0.2, -0.15) is 0 Å². The Morgan fingerprint density at radius 3 is 1.17 bits per heavy atom. The molecule has 2 aromatic rings. The molecule has 4 rings (SSSR count). The number of aryl methyl sites for hydroxylation is 2. The first-order valence-corrected chi connectivity index (χ1v) is 13.1. The molecule has 0 bridgehead atoms. The van der Waals surface area contributed by atoms with Crippen LogP contribution in [0.1, 0.15) is 34.3 Å². The molecule has 2 fully saturated rings.